The maximum absolute atomic E-state index is 11.7. The van der Waals surface area contributed by atoms with Crippen molar-refractivity contribution in [3.8, 4) is 5.75 Å². The van der Waals surface area contributed by atoms with Crippen molar-refractivity contribution in [3.63, 3.8) is 0 Å². The molecule has 1 N–H and O–H groups in total. The van der Waals surface area contributed by atoms with Gasteiger partial charge in [-0.15, -0.1) is 0 Å². The first-order valence-electron chi connectivity index (χ1n) is 7.48. The third-order valence-corrected chi connectivity index (χ3v) is 4.88. The smallest absolute Gasteiger partial charge is 0.309 e. The minimum Gasteiger partial charge on any atom is -0.490 e. The van der Waals surface area contributed by atoms with Crippen LogP contribution in [0.25, 0.3) is 0 Å². The highest BCUT2D eigenvalue weighted by atomic mass is 16.5. The highest BCUT2D eigenvalue weighted by molar-refractivity contribution is 5.75. The molecule has 1 heterocycles. The first kappa shape index (κ1) is 13.5. The Labute approximate surface area is 120 Å². The molecule has 3 nitrogen and oxygen atoms in total. The van der Waals surface area contributed by atoms with Crippen molar-refractivity contribution < 1.29 is 14.6 Å². The van der Waals surface area contributed by atoms with Crippen molar-refractivity contribution in [1.29, 1.82) is 0 Å². The van der Waals surface area contributed by atoms with Crippen molar-refractivity contribution >= 4 is 5.97 Å². The van der Waals surface area contributed by atoms with Crippen LogP contribution in [-0.4, -0.2) is 17.2 Å². The molecule has 3 rings (SSSR count). The van der Waals surface area contributed by atoms with E-state index in [0.29, 0.717) is 12.3 Å². The molecule has 108 valence electrons. The number of carboxylic acid groups (broad SMARTS) is 1. The molecule has 2 aliphatic rings. The van der Waals surface area contributed by atoms with Gasteiger partial charge in [-0.05, 0) is 43.7 Å². The van der Waals surface area contributed by atoms with Crippen LogP contribution in [0.3, 0.4) is 0 Å². The molecule has 0 amide bonds. The van der Waals surface area contributed by atoms with E-state index in [9.17, 15) is 9.90 Å². The van der Waals surface area contributed by atoms with E-state index in [-0.39, 0.29) is 6.10 Å². The third kappa shape index (κ3) is 2.30. The number of fused-ring (bicyclic) bond motifs is 1. The average Bonchev–Trinajstić information content (AvgIpc) is 2.93. The number of ether oxygens (including phenoxy) is 1. The molecule has 0 saturated heterocycles. The number of hydrogen-bond donors (Lipinski definition) is 1. The van der Waals surface area contributed by atoms with Crippen LogP contribution >= 0.6 is 0 Å². The summed E-state index contributed by atoms with van der Waals surface area (Å²) in [5.74, 6) is 0.807. The highest BCUT2D eigenvalue weighted by Gasteiger charge is 2.46. The third-order valence-electron chi connectivity index (χ3n) is 4.88. The number of carbonyl (C=O) groups is 1. The zero-order chi connectivity index (χ0) is 14.3. The molecule has 20 heavy (non-hydrogen) atoms. The molecule has 1 aliphatic carbocycles. The van der Waals surface area contributed by atoms with E-state index in [4.69, 9.17) is 4.74 Å². The SMILES string of the molecule is Cc1ccc2c(c1)CC(CC1(C(=O)O)CCC(C)C1)O2. The minimum absolute atomic E-state index is 0.0215. The van der Waals surface area contributed by atoms with Crippen LogP contribution in [0.15, 0.2) is 18.2 Å². The number of benzene rings is 1. The topological polar surface area (TPSA) is 46.5 Å². The lowest BCUT2D eigenvalue weighted by atomic mass is 9.79. The second-order valence-corrected chi connectivity index (χ2v) is 6.69. The maximum Gasteiger partial charge on any atom is 0.309 e. The van der Waals surface area contributed by atoms with Crippen LogP contribution in [-0.2, 0) is 11.2 Å². The van der Waals surface area contributed by atoms with Crippen molar-refractivity contribution in [2.45, 2.75) is 52.1 Å². The van der Waals surface area contributed by atoms with Crippen LogP contribution < -0.4 is 4.74 Å². The molecule has 1 fully saturated rings. The molecule has 1 saturated carbocycles. The highest BCUT2D eigenvalue weighted by Crippen LogP contribution is 2.47. The summed E-state index contributed by atoms with van der Waals surface area (Å²) < 4.78 is 5.97. The fourth-order valence-corrected chi connectivity index (χ4v) is 3.86. The van der Waals surface area contributed by atoms with E-state index in [1.54, 1.807) is 0 Å². The summed E-state index contributed by atoms with van der Waals surface area (Å²) in [5, 5.41) is 9.65. The van der Waals surface area contributed by atoms with Crippen molar-refractivity contribution in [3.05, 3.63) is 29.3 Å². The summed E-state index contributed by atoms with van der Waals surface area (Å²) in [4.78, 5) is 11.7. The first-order valence-corrected chi connectivity index (χ1v) is 7.48. The van der Waals surface area contributed by atoms with Gasteiger partial charge in [0.25, 0.3) is 0 Å². The molecule has 1 aromatic rings. The Morgan fingerprint density at radius 3 is 2.95 bits per heavy atom. The van der Waals surface area contributed by atoms with Crippen LogP contribution in [0.4, 0.5) is 0 Å². The van der Waals surface area contributed by atoms with Gasteiger partial charge in [0.1, 0.15) is 11.9 Å². The van der Waals surface area contributed by atoms with Gasteiger partial charge in [-0.25, -0.2) is 0 Å². The van der Waals surface area contributed by atoms with Crippen molar-refractivity contribution in [1.82, 2.24) is 0 Å². The second kappa shape index (κ2) is 4.80. The Kier molecular flexibility index (Phi) is 3.23. The standard InChI is InChI=1S/C17H22O3/c1-11-3-4-15-13(7-11)8-14(20-15)10-17(16(18)19)6-5-12(2)9-17/h3-4,7,12,14H,5-6,8-10H2,1-2H3,(H,18,19). The van der Waals surface area contributed by atoms with Crippen LogP contribution in [0.5, 0.6) is 5.75 Å². The van der Waals surface area contributed by atoms with Crippen LogP contribution in [0.1, 0.15) is 43.7 Å². The molecule has 1 aliphatic heterocycles. The van der Waals surface area contributed by atoms with Crippen LogP contribution in [0, 0.1) is 18.3 Å². The number of aryl methyl sites for hydroxylation is 1. The lowest BCUT2D eigenvalue weighted by molar-refractivity contribution is -0.150. The minimum atomic E-state index is -0.641. The summed E-state index contributed by atoms with van der Waals surface area (Å²) in [6.07, 6.45) is 4.11. The number of carboxylic acids is 1. The van der Waals surface area contributed by atoms with Gasteiger partial charge in [-0.1, -0.05) is 24.6 Å². The summed E-state index contributed by atoms with van der Waals surface area (Å²) in [6.45, 7) is 4.23. The molecule has 0 radical (unpaired) electrons. The summed E-state index contributed by atoms with van der Waals surface area (Å²) >= 11 is 0. The Morgan fingerprint density at radius 1 is 1.50 bits per heavy atom. The molecule has 1 aromatic carbocycles. The van der Waals surface area contributed by atoms with E-state index in [1.165, 1.54) is 11.1 Å². The molecule has 0 spiro atoms. The fourth-order valence-electron chi connectivity index (χ4n) is 3.86. The molecule has 3 atom stereocenters. The van der Waals surface area contributed by atoms with Gasteiger partial charge in [-0.2, -0.15) is 0 Å². The van der Waals surface area contributed by atoms with Gasteiger partial charge in [0.2, 0.25) is 0 Å². The Morgan fingerprint density at radius 2 is 2.30 bits per heavy atom. The van der Waals surface area contributed by atoms with E-state index < -0.39 is 11.4 Å². The average molecular weight is 274 g/mol. The lowest BCUT2D eigenvalue weighted by Gasteiger charge is -2.27. The number of hydrogen-bond acceptors (Lipinski definition) is 2. The zero-order valence-electron chi connectivity index (χ0n) is 12.2. The molecule has 3 unspecified atom stereocenters. The molecular weight excluding hydrogens is 252 g/mol. The van der Waals surface area contributed by atoms with Gasteiger partial charge in [0.05, 0.1) is 5.41 Å². The Hall–Kier alpha value is -1.51. The fraction of sp³-hybridized carbons (Fsp3) is 0.588. The van der Waals surface area contributed by atoms with Crippen molar-refractivity contribution in [2.24, 2.45) is 11.3 Å². The number of rotatable bonds is 3. The molecule has 0 bridgehead atoms. The quantitative estimate of drug-likeness (QED) is 0.916. The number of aliphatic carboxylic acids is 1. The summed E-state index contributed by atoms with van der Waals surface area (Å²) in [5.41, 5.74) is 1.89. The monoisotopic (exact) mass is 274 g/mol. The molecular formula is C17H22O3. The van der Waals surface area contributed by atoms with Gasteiger partial charge >= 0.3 is 5.97 Å². The zero-order valence-corrected chi connectivity index (χ0v) is 12.2. The predicted octanol–water partition coefficient (Wildman–Crippen LogP) is 3.58. The van der Waals surface area contributed by atoms with E-state index in [0.717, 1.165) is 31.4 Å². The van der Waals surface area contributed by atoms with Crippen molar-refractivity contribution in [2.75, 3.05) is 0 Å². The lowest BCUT2D eigenvalue weighted by Crippen LogP contribution is -2.34. The van der Waals surface area contributed by atoms with E-state index in [1.807, 2.05) is 12.1 Å². The van der Waals surface area contributed by atoms with E-state index >= 15 is 0 Å². The molecule has 0 aromatic heterocycles. The first-order chi connectivity index (χ1) is 9.48. The summed E-state index contributed by atoms with van der Waals surface area (Å²) in [6, 6.07) is 6.21. The molecule has 3 heteroatoms. The Balaban J connectivity index is 1.75. The van der Waals surface area contributed by atoms with Gasteiger partial charge in [-0.3, -0.25) is 4.79 Å². The normalized spacial score (nSPS) is 31.9. The van der Waals surface area contributed by atoms with Gasteiger partial charge < -0.3 is 9.84 Å². The van der Waals surface area contributed by atoms with Crippen LogP contribution in [0.2, 0.25) is 0 Å². The largest absolute Gasteiger partial charge is 0.490 e. The summed E-state index contributed by atoms with van der Waals surface area (Å²) in [7, 11) is 0. The Bertz CT molecular complexity index is 537. The van der Waals surface area contributed by atoms with Gasteiger partial charge in [0, 0.05) is 12.8 Å². The van der Waals surface area contributed by atoms with E-state index in [2.05, 4.69) is 19.9 Å². The maximum atomic E-state index is 11.7. The second-order valence-electron chi connectivity index (χ2n) is 6.69. The predicted molar refractivity (Wildman–Crippen MR) is 77.0 cm³/mol. The van der Waals surface area contributed by atoms with Gasteiger partial charge in [0.15, 0.2) is 0 Å².